The van der Waals surface area contributed by atoms with E-state index in [1.807, 2.05) is 6.92 Å². The van der Waals surface area contributed by atoms with E-state index in [1.165, 1.54) is 11.3 Å². The molecule has 0 aromatic carbocycles. The quantitative estimate of drug-likeness (QED) is 0.807. The molecule has 2 saturated heterocycles. The third-order valence-corrected chi connectivity index (χ3v) is 5.65. The molecule has 2 aromatic rings. The van der Waals surface area contributed by atoms with Crippen LogP contribution in [0, 0.1) is 12.8 Å². The first-order valence-electron chi connectivity index (χ1n) is 9.08. The summed E-state index contributed by atoms with van der Waals surface area (Å²) in [5.74, 6) is 1.12. The number of aryl methyl sites for hydroxylation is 1. The summed E-state index contributed by atoms with van der Waals surface area (Å²) in [6, 6.07) is -0.420. The van der Waals surface area contributed by atoms with Gasteiger partial charge in [-0.05, 0) is 26.2 Å². The van der Waals surface area contributed by atoms with Crippen LogP contribution in [0.5, 0.6) is 0 Å². The predicted octanol–water partition coefficient (Wildman–Crippen LogP) is 1.07. The first-order chi connectivity index (χ1) is 13.1. The lowest BCUT2D eigenvalue weighted by Gasteiger charge is -2.23. The fourth-order valence-corrected chi connectivity index (χ4v) is 4.19. The van der Waals surface area contributed by atoms with Crippen molar-refractivity contribution in [2.75, 3.05) is 19.8 Å². The largest absolute Gasteiger partial charge is 0.381 e. The third kappa shape index (κ3) is 3.86. The maximum absolute atomic E-state index is 12.9. The molecule has 4 heterocycles. The van der Waals surface area contributed by atoms with Gasteiger partial charge in [-0.1, -0.05) is 0 Å². The molecule has 0 spiro atoms. The molecule has 2 fully saturated rings. The van der Waals surface area contributed by atoms with E-state index < -0.39 is 0 Å². The molecule has 0 saturated carbocycles. The molecular formula is C17H22N6O3S. The number of amides is 2. The number of hydrogen-bond donors (Lipinski definition) is 2. The van der Waals surface area contributed by atoms with Crippen LogP contribution < -0.4 is 5.32 Å². The number of rotatable bonds is 4. The van der Waals surface area contributed by atoms with Crippen molar-refractivity contribution < 1.29 is 14.3 Å². The Morgan fingerprint density at radius 3 is 2.85 bits per heavy atom. The van der Waals surface area contributed by atoms with Crippen molar-refractivity contribution in [2.45, 2.75) is 38.3 Å². The van der Waals surface area contributed by atoms with Gasteiger partial charge in [-0.2, -0.15) is 5.10 Å². The molecule has 2 amide bonds. The zero-order chi connectivity index (χ0) is 18.8. The van der Waals surface area contributed by atoms with Crippen molar-refractivity contribution in [2.24, 2.45) is 5.92 Å². The van der Waals surface area contributed by atoms with Crippen LogP contribution >= 0.6 is 11.3 Å². The topological polar surface area (TPSA) is 113 Å². The molecule has 2 aliphatic rings. The van der Waals surface area contributed by atoms with Crippen LogP contribution in [0.25, 0.3) is 0 Å². The van der Waals surface area contributed by atoms with Crippen molar-refractivity contribution >= 4 is 23.2 Å². The van der Waals surface area contributed by atoms with Gasteiger partial charge in [-0.3, -0.25) is 14.7 Å². The summed E-state index contributed by atoms with van der Waals surface area (Å²) in [6.45, 7) is 3.48. The lowest BCUT2D eigenvalue weighted by molar-refractivity contribution is -0.128. The van der Waals surface area contributed by atoms with Crippen LogP contribution in [0.1, 0.15) is 47.4 Å². The maximum Gasteiger partial charge on any atom is 0.274 e. The van der Waals surface area contributed by atoms with Crippen molar-refractivity contribution in [3.8, 4) is 0 Å². The number of aromatic nitrogens is 4. The highest BCUT2D eigenvalue weighted by atomic mass is 32.1. The fraction of sp³-hybridized carbons (Fsp3) is 0.588. The standard InChI is InChI=1S/C17H22N6O3S/c1-10-19-15(22-21-10)14-6-12(20-16(24)11-2-4-26-5-3-11)7-23(14)17(25)13-8-27-9-18-13/h8-9,11-12,14H,2-7H2,1H3,(H,20,24)(H,19,21,22)/t12-,14-/m0/s1. The highest BCUT2D eigenvalue weighted by Gasteiger charge is 2.40. The highest BCUT2D eigenvalue weighted by molar-refractivity contribution is 7.07. The Labute approximate surface area is 160 Å². The second kappa shape index (κ2) is 7.73. The van der Waals surface area contributed by atoms with E-state index in [9.17, 15) is 9.59 Å². The van der Waals surface area contributed by atoms with Gasteiger partial charge in [0.2, 0.25) is 5.91 Å². The minimum absolute atomic E-state index is 0.0220. The number of aromatic amines is 1. The lowest BCUT2D eigenvalue weighted by Crippen LogP contribution is -2.42. The van der Waals surface area contributed by atoms with Crippen LogP contribution in [-0.4, -0.2) is 62.7 Å². The first-order valence-corrected chi connectivity index (χ1v) is 10.0. The second-order valence-electron chi connectivity index (χ2n) is 6.95. The van der Waals surface area contributed by atoms with Crippen LogP contribution in [0.2, 0.25) is 0 Å². The number of H-pyrrole nitrogens is 1. The Kier molecular flexibility index (Phi) is 5.17. The first kappa shape index (κ1) is 18.1. The number of nitrogens with one attached hydrogen (secondary N) is 2. The highest BCUT2D eigenvalue weighted by Crippen LogP contribution is 2.32. The van der Waals surface area contributed by atoms with E-state index in [0.29, 0.717) is 43.5 Å². The monoisotopic (exact) mass is 390 g/mol. The van der Waals surface area contributed by atoms with Crippen LogP contribution in [0.4, 0.5) is 0 Å². The molecule has 0 aliphatic carbocycles. The Morgan fingerprint density at radius 1 is 1.37 bits per heavy atom. The van der Waals surface area contributed by atoms with E-state index in [4.69, 9.17) is 4.74 Å². The normalized spacial score (nSPS) is 23.5. The van der Waals surface area contributed by atoms with E-state index >= 15 is 0 Å². The molecule has 2 N–H and O–H groups in total. The number of hydrogen-bond acceptors (Lipinski definition) is 7. The van der Waals surface area contributed by atoms with Crippen molar-refractivity contribution in [1.29, 1.82) is 0 Å². The average molecular weight is 390 g/mol. The number of carbonyl (C=O) groups excluding carboxylic acids is 2. The zero-order valence-corrected chi connectivity index (χ0v) is 15.9. The predicted molar refractivity (Wildman–Crippen MR) is 97.1 cm³/mol. The van der Waals surface area contributed by atoms with E-state index in [1.54, 1.807) is 15.8 Å². The Morgan fingerprint density at radius 2 is 2.19 bits per heavy atom. The number of thiazole rings is 1. The van der Waals surface area contributed by atoms with Gasteiger partial charge < -0.3 is 15.0 Å². The minimum Gasteiger partial charge on any atom is -0.381 e. The van der Waals surface area contributed by atoms with Crippen LogP contribution in [-0.2, 0) is 9.53 Å². The summed E-state index contributed by atoms with van der Waals surface area (Å²) in [5, 5.41) is 11.9. The molecule has 2 atom stereocenters. The summed E-state index contributed by atoms with van der Waals surface area (Å²) in [4.78, 5) is 35.7. The lowest BCUT2D eigenvalue weighted by atomic mass is 9.99. The Bertz CT molecular complexity index is 801. The van der Waals surface area contributed by atoms with Gasteiger partial charge in [0.05, 0.1) is 11.6 Å². The third-order valence-electron chi connectivity index (χ3n) is 5.06. The zero-order valence-electron chi connectivity index (χ0n) is 15.1. The summed E-state index contributed by atoms with van der Waals surface area (Å²) in [5.41, 5.74) is 2.05. The smallest absolute Gasteiger partial charge is 0.274 e. The van der Waals surface area contributed by atoms with Gasteiger partial charge in [-0.15, -0.1) is 11.3 Å². The Hall–Kier alpha value is -2.33. The average Bonchev–Trinajstić information content (AvgIpc) is 3.42. The molecule has 4 rings (SSSR count). The van der Waals surface area contributed by atoms with Crippen LogP contribution in [0.3, 0.4) is 0 Å². The molecule has 0 radical (unpaired) electrons. The molecule has 0 bridgehead atoms. The summed E-state index contributed by atoms with van der Waals surface area (Å²) in [6.07, 6.45) is 2.06. The van der Waals surface area contributed by atoms with Gasteiger partial charge in [0.25, 0.3) is 5.91 Å². The van der Waals surface area contributed by atoms with Crippen LogP contribution in [0.15, 0.2) is 10.9 Å². The molecule has 144 valence electrons. The van der Waals surface area contributed by atoms with Crippen molar-refractivity contribution in [1.82, 2.24) is 30.4 Å². The summed E-state index contributed by atoms with van der Waals surface area (Å²) in [7, 11) is 0. The van der Waals surface area contributed by atoms with E-state index in [2.05, 4.69) is 25.5 Å². The van der Waals surface area contributed by atoms with E-state index in [0.717, 1.165) is 12.8 Å². The molecular weight excluding hydrogens is 368 g/mol. The van der Waals surface area contributed by atoms with Gasteiger partial charge >= 0.3 is 0 Å². The Balaban J connectivity index is 1.50. The maximum atomic E-state index is 12.9. The summed E-state index contributed by atoms with van der Waals surface area (Å²) < 4.78 is 5.33. The van der Waals surface area contributed by atoms with Crippen molar-refractivity contribution in [3.63, 3.8) is 0 Å². The molecule has 0 unspecified atom stereocenters. The van der Waals surface area contributed by atoms with Gasteiger partial charge in [0.15, 0.2) is 5.82 Å². The van der Waals surface area contributed by atoms with Crippen molar-refractivity contribution in [3.05, 3.63) is 28.2 Å². The molecule has 2 aliphatic heterocycles. The minimum atomic E-state index is -0.288. The van der Waals surface area contributed by atoms with Gasteiger partial charge in [-0.25, -0.2) is 9.97 Å². The molecule has 2 aromatic heterocycles. The molecule has 27 heavy (non-hydrogen) atoms. The fourth-order valence-electron chi connectivity index (χ4n) is 3.66. The number of carbonyl (C=O) groups is 2. The second-order valence-corrected chi connectivity index (χ2v) is 7.67. The number of ether oxygens (including phenoxy) is 1. The SMILES string of the molecule is Cc1nc([C@@H]2C[C@H](NC(=O)C3CCOCC3)CN2C(=O)c2cscn2)n[nH]1. The van der Waals surface area contributed by atoms with Gasteiger partial charge in [0, 0.05) is 37.1 Å². The summed E-state index contributed by atoms with van der Waals surface area (Å²) >= 11 is 1.38. The number of nitrogens with zero attached hydrogens (tertiary/aromatic N) is 4. The number of likely N-dealkylation sites (tertiary alicyclic amines) is 1. The van der Waals surface area contributed by atoms with E-state index in [-0.39, 0.29) is 29.8 Å². The molecule has 10 heteroatoms. The van der Waals surface area contributed by atoms with Gasteiger partial charge in [0.1, 0.15) is 11.5 Å². The molecule has 9 nitrogen and oxygen atoms in total.